The number of benzene rings is 8. The van der Waals surface area contributed by atoms with E-state index < -0.39 is 0 Å². The molecule has 1 aliphatic rings. The van der Waals surface area contributed by atoms with Gasteiger partial charge in [0.15, 0.2) is 0 Å². The Hall–Kier alpha value is -6.16. The fourth-order valence-corrected chi connectivity index (χ4v) is 9.89. The van der Waals surface area contributed by atoms with E-state index in [9.17, 15) is 0 Å². The molecule has 11 rings (SSSR count). The number of nitrogens with zero attached hydrogens (tertiary/aromatic N) is 1. The van der Waals surface area contributed by atoms with Crippen molar-refractivity contribution in [2.24, 2.45) is 0 Å². The second-order valence-electron chi connectivity index (χ2n) is 14.5. The van der Waals surface area contributed by atoms with E-state index in [1.165, 1.54) is 64.3 Å². The molecule has 0 radical (unpaired) electrons. The third-order valence-corrected chi connectivity index (χ3v) is 12.3. The molecule has 1 aliphatic carbocycles. The van der Waals surface area contributed by atoms with Crippen molar-refractivity contribution in [3.8, 4) is 22.3 Å². The summed E-state index contributed by atoms with van der Waals surface area (Å²) in [6, 6.07) is 59.8. The van der Waals surface area contributed by atoms with E-state index in [4.69, 9.17) is 4.42 Å². The summed E-state index contributed by atoms with van der Waals surface area (Å²) >= 11 is 1.83. The van der Waals surface area contributed by atoms with Crippen LogP contribution in [-0.4, -0.2) is 0 Å². The average Bonchev–Trinajstić information content (AvgIpc) is 3.82. The summed E-state index contributed by atoms with van der Waals surface area (Å²) in [7, 11) is 0. The maximum absolute atomic E-state index is 6.73. The molecule has 0 spiro atoms. The summed E-state index contributed by atoms with van der Waals surface area (Å²) in [6.45, 7) is 4.72. The van der Waals surface area contributed by atoms with Gasteiger partial charge in [-0.25, -0.2) is 0 Å². The van der Waals surface area contributed by atoms with Crippen LogP contribution in [-0.2, 0) is 5.41 Å². The predicted octanol–water partition coefficient (Wildman–Crippen LogP) is 14.6. The van der Waals surface area contributed by atoms with Gasteiger partial charge < -0.3 is 9.32 Å². The Morgan fingerprint density at radius 2 is 1.17 bits per heavy atom. The molecule has 2 aromatic heterocycles. The smallest absolute Gasteiger partial charge is 0.144 e. The first-order valence-electron chi connectivity index (χ1n) is 17.9. The SMILES string of the molecule is CC1(C)c2ccccc2-c2cccc(-c3ccc(N(c4ccccc4)c4ccc5sc6ccc7c8cc9ccccc9cc8oc7c6c5c4)cc3)c21. The number of thiophene rings is 1. The van der Waals surface area contributed by atoms with Crippen LogP contribution in [0.15, 0.2) is 168 Å². The van der Waals surface area contributed by atoms with Crippen molar-refractivity contribution < 1.29 is 4.42 Å². The van der Waals surface area contributed by atoms with Gasteiger partial charge in [-0.15, -0.1) is 11.3 Å². The minimum atomic E-state index is -0.0747. The molecule has 52 heavy (non-hydrogen) atoms. The van der Waals surface area contributed by atoms with Gasteiger partial charge in [-0.05, 0) is 111 Å². The Morgan fingerprint density at radius 3 is 2.02 bits per heavy atom. The van der Waals surface area contributed by atoms with E-state index in [1.807, 2.05) is 11.3 Å². The van der Waals surface area contributed by atoms with Crippen LogP contribution in [0.3, 0.4) is 0 Å². The molecule has 8 aromatic carbocycles. The summed E-state index contributed by atoms with van der Waals surface area (Å²) < 4.78 is 9.21. The molecule has 0 N–H and O–H groups in total. The molecule has 0 amide bonds. The van der Waals surface area contributed by atoms with Crippen molar-refractivity contribution in [1.29, 1.82) is 0 Å². The standard InChI is InChI=1S/C49H33NOS/c1-49(2)42-18-9-8-15-37(42)38-17-10-16-36(47(38)49)30-19-21-34(22-20-30)50(33-13-4-3-5-14-33)35-23-25-44-41(29-35)46-45(52-44)26-24-39-40-27-31-11-6-7-12-32(31)28-43(40)51-48(39)46/h3-29H,1-2H3. The third-order valence-electron chi connectivity index (χ3n) is 11.2. The first-order chi connectivity index (χ1) is 25.5. The van der Waals surface area contributed by atoms with Crippen LogP contribution in [0.4, 0.5) is 17.1 Å². The van der Waals surface area contributed by atoms with Gasteiger partial charge in [-0.1, -0.05) is 111 Å². The number of furan rings is 1. The zero-order chi connectivity index (χ0) is 34.6. The molecule has 0 aliphatic heterocycles. The van der Waals surface area contributed by atoms with Gasteiger partial charge in [-0.2, -0.15) is 0 Å². The van der Waals surface area contributed by atoms with Gasteiger partial charge in [0.2, 0.25) is 0 Å². The summed E-state index contributed by atoms with van der Waals surface area (Å²) in [5.74, 6) is 0. The van der Waals surface area contributed by atoms with Crippen molar-refractivity contribution in [3.05, 3.63) is 175 Å². The van der Waals surface area contributed by atoms with Crippen molar-refractivity contribution in [3.63, 3.8) is 0 Å². The lowest BCUT2D eigenvalue weighted by atomic mass is 9.79. The first kappa shape index (κ1) is 29.6. The van der Waals surface area contributed by atoms with Gasteiger partial charge in [0.05, 0.1) is 0 Å². The highest BCUT2D eigenvalue weighted by Crippen LogP contribution is 2.52. The Morgan fingerprint density at radius 1 is 0.500 bits per heavy atom. The van der Waals surface area contributed by atoms with Crippen molar-refractivity contribution in [2.45, 2.75) is 19.3 Å². The number of hydrogen-bond donors (Lipinski definition) is 0. The second-order valence-corrected chi connectivity index (χ2v) is 15.6. The molecule has 3 heteroatoms. The maximum atomic E-state index is 6.73. The van der Waals surface area contributed by atoms with Crippen molar-refractivity contribution in [2.75, 3.05) is 4.90 Å². The van der Waals surface area contributed by atoms with E-state index >= 15 is 0 Å². The normalized spacial score (nSPS) is 13.3. The first-order valence-corrected chi connectivity index (χ1v) is 18.7. The van der Waals surface area contributed by atoms with Gasteiger partial charge in [0.25, 0.3) is 0 Å². The molecule has 246 valence electrons. The van der Waals surface area contributed by atoms with E-state index in [1.54, 1.807) is 0 Å². The van der Waals surface area contributed by atoms with Crippen LogP contribution in [0.5, 0.6) is 0 Å². The number of rotatable bonds is 4. The lowest BCUT2D eigenvalue weighted by Crippen LogP contribution is -2.16. The Kier molecular flexibility index (Phi) is 6.21. The van der Waals surface area contributed by atoms with Crippen LogP contribution in [0.25, 0.3) is 75.1 Å². The van der Waals surface area contributed by atoms with Crippen LogP contribution in [0, 0.1) is 0 Å². The fourth-order valence-electron chi connectivity index (χ4n) is 8.81. The molecule has 2 heterocycles. The Balaban J connectivity index is 1.06. The van der Waals surface area contributed by atoms with Crippen LogP contribution in [0.1, 0.15) is 25.0 Å². The average molecular weight is 684 g/mol. The third kappa shape index (κ3) is 4.23. The summed E-state index contributed by atoms with van der Waals surface area (Å²) in [5, 5.41) is 7.14. The molecule has 0 saturated heterocycles. The molecule has 0 bridgehead atoms. The highest BCUT2D eigenvalue weighted by Gasteiger charge is 2.37. The van der Waals surface area contributed by atoms with Crippen LogP contribution in [0.2, 0.25) is 0 Å². The monoisotopic (exact) mass is 683 g/mol. The largest absolute Gasteiger partial charge is 0.455 e. The zero-order valence-corrected chi connectivity index (χ0v) is 29.7. The number of fused-ring (bicyclic) bond motifs is 11. The summed E-state index contributed by atoms with van der Waals surface area (Å²) in [5.41, 5.74) is 13.2. The molecule has 0 fully saturated rings. The van der Waals surface area contributed by atoms with Gasteiger partial charge >= 0.3 is 0 Å². The van der Waals surface area contributed by atoms with E-state index in [2.05, 4.69) is 183 Å². The number of anilines is 3. The van der Waals surface area contributed by atoms with Gasteiger partial charge in [0, 0.05) is 53.4 Å². The molecular weight excluding hydrogens is 651 g/mol. The highest BCUT2D eigenvalue weighted by atomic mass is 32.1. The van der Waals surface area contributed by atoms with Gasteiger partial charge in [-0.3, -0.25) is 0 Å². The fraction of sp³-hybridized carbons (Fsp3) is 0.0612. The summed E-state index contributed by atoms with van der Waals surface area (Å²) in [4.78, 5) is 2.37. The maximum Gasteiger partial charge on any atom is 0.144 e. The molecule has 2 nitrogen and oxygen atoms in total. The molecular formula is C49H33NOS. The predicted molar refractivity (Wildman–Crippen MR) is 222 cm³/mol. The summed E-state index contributed by atoms with van der Waals surface area (Å²) in [6.07, 6.45) is 0. The molecule has 0 unspecified atom stereocenters. The lowest BCUT2D eigenvalue weighted by Gasteiger charge is -2.27. The minimum absolute atomic E-state index is 0.0747. The lowest BCUT2D eigenvalue weighted by molar-refractivity contribution is 0.662. The molecule has 10 aromatic rings. The Bertz CT molecular complexity index is 3040. The van der Waals surface area contributed by atoms with Crippen molar-refractivity contribution >= 4 is 81.3 Å². The van der Waals surface area contributed by atoms with Crippen LogP contribution >= 0.6 is 11.3 Å². The Labute approximate surface area is 305 Å². The number of hydrogen-bond acceptors (Lipinski definition) is 3. The van der Waals surface area contributed by atoms with E-state index in [0.29, 0.717) is 0 Å². The molecule has 0 saturated carbocycles. The van der Waals surface area contributed by atoms with Crippen molar-refractivity contribution in [1.82, 2.24) is 0 Å². The van der Waals surface area contributed by atoms with E-state index in [-0.39, 0.29) is 5.41 Å². The quantitative estimate of drug-likeness (QED) is 0.184. The zero-order valence-electron chi connectivity index (χ0n) is 28.9. The number of para-hydroxylation sites is 1. The van der Waals surface area contributed by atoms with Gasteiger partial charge in [0.1, 0.15) is 11.2 Å². The van der Waals surface area contributed by atoms with Crippen LogP contribution < -0.4 is 4.90 Å². The topological polar surface area (TPSA) is 16.4 Å². The van der Waals surface area contributed by atoms with E-state index in [0.717, 1.165) is 39.0 Å². The highest BCUT2D eigenvalue weighted by molar-refractivity contribution is 7.26. The molecule has 0 atom stereocenters. The second kappa shape index (κ2) is 10.9. The minimum Gasteiger partial charge on any atom is -0.455 e.